The van der Waals surface area contributed by atoms with Crippen LogP contribution < -0.4 is 53.6 Å². The molecule has 25 heteroatoms. The lowest BCUT2D eigenvalue weighted by Crippen LogP contribution is -2.64. The third-order valence-electron chi connectivity index (χ3n) is 15.0. The van der Waals surface area contributed by atoms with Gasteiger partial charge in [-0.2, -0.15) is 0 Å². The molecule has 0 radical (unpaired) electrons. The minimum atomic E-state index is -1.65. The average molecular weight is 1180 g/mol. The highest BCUT2D eigenvalue weighted by Crippen LogP contribution is 2.25. The van der Waals surface area contributed by atoms with Gasteiger partial charge >= 0.3 is 0 Å². The monoisotopic (exact) mass is 1170 g/mol. The van der Waals surface area contributed by atoms with Gasteiger partial charge in [0.15, 0.2) is 0 Å². The number of carbonyl (C=O) groups excluding carboxylic acids is 12. The zero-order chi connectivity index (χ0) is 63.6. The van der Waals surface area contributed by atoms with Crippen molar-refractivity contribution < 1.29 is 62.6 Å². The van der Waals surface area contributed by atoms with Crippen molar-refractivity contribution >= 4 is 70.9 Å². The van der Waals surface area contributed by atoms with Gasteiger partial charge in [-0.1, -0.05) is 75.7 Å². The molecule has 0 aromatic rings. The molecule has 12 amide bonds. The predicted octanol–water partition coefficient (Wildman–Crippen LogP) is 0.680. The van der Waals surface area contributed by atoms with Crippen molar-refractivity contribution in [2.45, 2.75) is 247 Å². The molecule has 0 aromatic carbocycles. The summed E-state index contributed by atoms with van der Waals surface area (Å²) in [5.74, 6) is -8.85. The Morgan fingerprint density at radius 2 is 0.976 bits per heavy atom. The Bertz CT molecular complexity index is 2320. The normalized spacial score (nSPS) is 18.2. The van der Waals surface area contributed by atoms with E-state index in [-0.39, 0.29) is 75.5 Å². The SMILES string of the molecule is CCC(C)C(NC(=O)C(CC(C)C)NC(=O)C1CCCN1C(=O)C(C)(C)NC(=O)C(CC(C)C)NC(=O)C(NC(=O)C(CCC(N)=O)NC(=O)C(C)(C)NC(C)=O)C(C)C)C(=O)NC(C)(C)C(=O)N1CCCC1C(=O)NC(CO)CC(C)C. The van der Waals surface area contributed by atoms with Crippen molar-refractivity contribution in [2.75, 3.05) is 19.7 Å². The minimum Gasteiger partial charge on any atom is -0.394 e. The smallest absolute Gasteiger partial charge is 0.248 e. The fourth-order valence-electron chi connectivity index (χ4n) is 10.3. The highest BCUT2D eigenvalue weighted by molar-refractivity contribution is 6.01. The van der Waals surface area contributed by atoms with Gasteiger partial charge < -0.3 is 68.5 Å². The van der Waals surface area contributed by atoms with Crippen molar-refractivity contribution in [3.63, 3.8) is 0 Å². The molecule has 0 aromatic heterocycles. The van der Waals surface area contributed by atoms with Crippen molar-refractivity contribution in [3.05, 3.63) is 0 Å². The molecule has 12 N–H and O–H groups in total. The Morgan fingerprint density at radius 1 is 0.530 bits per heavy atom. The molecule has 2 fully saturated rings. The molecule has 0 spiro atoms. The zero-order valence-electron chi connectivity index (χ0n) is 52.5. The third kappa shape index (κ3) is 22.3. The molecule has 2 saturated heterocycles. The Hall–Kier alpha value is -6.40. The summed E-state index contributed by atoms with van der Waals surface area (Å²) in [5.41, 5.74) is 0.743. The summed E-state index contributed by atoms with van der Waals surface area (Å²) in [5, 5.41) is 34.4. The number of carbonyl (C=O) groups is 12. The molecule has 2 rings (SSSR count). The molecule has 2 aliphatic heterocycles. The summed E-state index contributed by atoms with van der Waals surface area (Å²) in [6, 6.07) is -8.50. The zero-order valence-corrected chi connectivity index (χ0v) is 52.5. The maximum Gasteiger partial charge on any atom is 0.248 e. The number of hydrogen-bond acceptors (Lipinski definition) is 13. The van der Waals surface area contributed by atoms with E-state index in [9.17, 15) is 62.6 Å². The van der Waals surface area contributed by atoms with E-state index in [1.165, 1.54) is 58.3 Å². The molecule has 9 unspecified atom stereocenters. The quantitative estimate of drug-likeness (QED) is 0.0442. The van der Waals surface area contributed by atoms with Crippen molar-refractivity contribution in [1.29, 1.82) is 0 Å². The molecule has 0 aliphatic carbocycles. The molecule has 25 nitrogen and oxygen atoms in total. The standard InChI is InChI=1S/C58H102N12O13/c1-18-35(10)45(52(80)68-58(16,17)55(83)69-25-19-21-41(69)49(77)60-37(30-71)27-31(2)3)65-47(75)39(28-32(4)5)61-50(78)42-22-20-26-70(42)54(82)57(14,15)67-48(76)40(29-33(6)7)62-51(79)44(34(8)9)64-46(74)38(23-24-43(59)73)63-53(81)56(12,13)66-36(11)72/h31-35,37-42,44-45,71H,18-30H2,1-17H3,(H2,59,73)(H,60,77)(H,61,78)(H,62,79)(H,63,81)(H,64,74)(H,65,75)(H,66,72)(H,67,76)(H,68,80). The predicted molar refractivity (Wildman–Crippen MR) is 312 cm³/mol. The van der Waals surface area contributed by atoms with Crippen LogP contribution in [0.2, 0.25) is 0 Å². The Morgan fingerprint density at radius 3 is 1.41 bits per heavy atom. The lowest BCUT2D eigenvalue weighted by Gasteiger charge is -2.36. The Labute approximate surface area is 491 Å². The Balaban J connectivity index is 2.30. The van der Waals surface area contributed by atoms with Gasteiger partial charge in [0, 0.05) is 26.4 Å². The number of nitrogens with zero attached hydrogens (tertiary/aromatic N) is 2. The summed E-state index contributed by atoms with van der Waals surface area (Å²) >= 11 is 0. The molecular weight excluding hydrogens is 1070 g/mol. The second-order valence-electron chi connectivity index (χ2n) is 25.9. The maximum atomic E-state index is 14.5. The third-order valence-corrected chi connectivity index (χ3v) is 15.0. The van der Waals surface area contributed by atoms with Gasteiger partial charge in [0.1, 0.15) is 58.9 Å². The van der Waals surface area contributed by atoms with Crippen LogP contribution in [0.3, 0.4) is 0 Å². The number of aliphatic hydroxyl groups is 1. The van der Waals surface area contributed by atoms with E-state index >= 15 is 0 Å². The van der Waals surface area contributed by atoms with E-state index in [0.717, 1.165) is 0 Å². The van der Waals surface area contributed by atoms with Crippen LogP contribution in [0.15, 0.2) is 0 Å². The van der Waals surface area contributed by atoms with Crippen LogP contribution in [0, 0.1) is 29.6 Å². The van der Waals surface area contributed by atoms with Crippen LogP contribution in [0.25, 0.3) is 0 Å². The van der Waals surface area contributed by atoms with Crippen LogP contribution in [-0.4, -0.2) is 170 Å². The van der Waals surface area contributed by atoms with Crippen molar-refractivity contribution in [1.82, 2.24) is 57.7 Å². The van der Waals surface area contributed by atoms with E-state index in [1.54, 1.807) is 20.8 Å². The number of hydrogen-bond donors (Lipinski definition) is 11. The minimum absolute atomic E-state index is 0.102. The summed E-state index contributed by atoms with van der Waals surface area (Å²) in [7, 11) is 0. The molecule has 2 aliphatic rings. The van der Waals surface area contributed by atoms with E-state index < -0.39 is 142 Å². The summed E-state index contributed by atoms with van der Waals surface area (Å²) < 4.78 is 0. The average Bonchev–Trinajstić information content (AvgIpc) is 4.33. The fraction of sp³-hybridized carbons (Fsp3) is 0.793. The highest BCUT2D eigenvalue weighted by atomic mass is 16.3. The number of nitrogens with one attached hydrogen (secondary N) is 9. The number of amides is 12. The van der Waals surface area contributed by atoms with Gasteiger partial charge in [-0.05, 0) is 122 Å². The second kappa shape index (κ2) is 32.0. The number of rotatable bonds is 32. The van der Waals surface area contributed by atoms with Crippen molar-refractivity contribution in [2.24, 2.45) is 35.3 Å². The van der Waals surface area contributed by atoms with Crippen LogP contribution in [-0.2, 0) is 57.5 Å². The number of aliphatic hydroxyl groups excluding tert-OH is 1. The van der Waals surface area contributed by atoms with Gasteiger partial charge in [0.2, 0.25) is 70.9 Å². The summed E-state index contributed by atoms with van der Waals surface area (Å²) in [6.07, 6.45) is 2.33. The van der Waals surface area contributed by atoms with Crippen molar-refractivity contribution in [3.8, 4) is 0 Å². The van der Waals surface area contributed by atoms with Crippen LogP contribution in [0.5, 0.6) is 0 Å². The number of likely N-dealkylation sites (tertiary alicyclic amines) is 2. The van der Waals surface area contributed by atoms with Crippen LogP contribution in [0.1, 0.15) is 182 Å². The first-order chi connectivity index (χ1) is 38.3. The molecule has 472 valence electrons. The van der Waals surface area contributed by atoms with E-state index in [4.69, 9.17) is 5.73 Å². The molecule has 2 heterocycles. The van der Waals surface area contributed by atoms with Gasteiger partial charge in [-0.25, -0.2) is 0 Å². The lowest BCUT2D eigenvalue weighted by atomic mass is 9.94. The number of nitrogens with two attached hydrogens (primary N) is 1. The topological polar surface area (TPSA) is 366 Å². The van der Waals surface area contributed by atoms with Crippen LogP contribution in [0.4, 0.5) is 0 Å². The summed E-state index contributed by atoms with van der Waals surface area (Å²) in [4.78, 5) is 167. The molecule has 83 heavy (non-hydrogen) atoms. The molecule has 9 atom stereocenters. The highest BCUT2D eigenvalue weighted by Gasteiger charge is 2.46. The van der Waals surface area contributed by atoms with Gasteiger partial charge in [0.25, 0.3) is 0 Å². The van der Waals surface area contributed by atoms with E-state index in [0.29, 0.717) is 32.1 Å². The van der Waals surface area contributed by atoms with Gasteiger partial charge in [-0.15, -0.1) is 0 Å². The first kappa shape index (κ1) is 72.7. The van der Waals surface area contributed by atoms with E-state index in [1.807, 2.05) is 48.5 Å². The number of primary amides is 1. The molecule has 0 saturated carbocycles. The maximum absolute atomic E-state index is 14.5. The van der Waals surface area contributed by atoms with Gasteiger partial charge in [0.05, 0.1) is 12.6 Å². The first-order valence-electron chi connectivity index (χ1n) is 29.6. The van der Waals surface area contributed by atoms with Gasteiger partial charge in [-0.3, -0.25) is 57.5 Å². The molecular formula is C58H102N12O13. The Kier molecular flexibility index (Phi) is 28.1. The molecule has 0 bridgehead atoms. The largest absolute Gasteiger partial charge is 0.394 e. The first-order valence-corrected chi connectivity index (χ1v) is 29.6. The van der Waals surface area contributed by atoms with Crippen LogP contribution >= 0.6 is 0 Å². The second-order valence-corrected chi connectivity index (χ2v) is 25.9. The van der Waals surface area contributed by atoms with E-state index in [2.05, 4.69) is 47.9 Å². The fourth-order valence-corrected chi connectivity index (χ4v) is 10.3. The summed E-state index contributed by atoms with van der Waals surface area (Å²) in [6.45, 7) is 28.4. The lowest BCUT2D eigenvalue weighted by molar-refractivity contribution is -0.146.